The maximum atomic E-state index is 13.6. The van der Waals surface area contributed by atoms with Crippen LogP contribution in [0.2, 0.25) is 0 Å². The quantitative estimate of drug-likeness (QED) is 0.757. The van der Waals surface area contributed by atoms with Crippen molar-refractivity contribution < 1.29 is 9.50 Å². The largest absolute Gasteiger partial charge is 0.392 e. The first-order valence-electron chi connectivity index (χ1n) is 4.83. The van der Waals surface area contributed by atoms with Crippen molar-refractivity contribution in [1.29, 1.82) is 0 Å². The first kappa shape index (κ1) is 8.86. The molecule has 0 radical (unpaired) electrons. The Bertz CT molecular complexity index is 405. The molecule has 2 aliphatic rings. The molecule has 0 amide bonds. The van der Waals surface area contributed by atoms with E-state index in [1.54, 1.807) is 0 Å². The summed E-state index contributed by atoms with van der Waals surface area (Å²) in [5, 5.41) is 9.68. The highest BCUT2D eigenvalue weighted by molar-refractivity contribution is 9.10. The van der Waals surface area contributed by atoms with Crippen LogP contribution in [-0.2, 0) is 0 Å². The number of halogens is 2. The van der Waals surface area contributed by atoms with Gasteiger partial charge in [0.05, 0.1) is 6.10 Å². The first-order chi connectivity index (χ1) is 6.66. The monoisotopic (exact) mass is 256 g/mol. The van der Waals surface area contributed by atoms with Gasteiger partial charge in [0.25, 0.3) is 0 Å². The molecule has 3 heteroatoms. The molecule has 0 aromatic heterocycles. The summed E-state index contributed by atoms with van der Waals surface area (Å²) in [4.78, 5) is 0. The average Bonchev–Trinajstić information content (AvgIpc) is 2.60. The fourth-order valence-corrected chi connectivity index (χ4v) is 3.36. The minimum atomic E-state index is -0.330. The average molecular weight is 257 g/mol. The summed E-state index contributed by atoms with van der Waals surface area (Å²) in [6.45, 7) is 0. The Hall–Kier alpha value is -0.410. The summed E-state index contributed by atoms with van der Waals surface area (Å²) >= 11 is 3.30. The Morgan fingerprint density at radius 3 is 2.93 bits per heavy atom. The van der Waals surface area contributed by atoms with Gasteiger partial charge in [0, 0.05) is 10.4 Å². The Morgan fingerprint density at radius 2 is 2.14 bits per heavy atom. The number of hydrogen-bond acceptors (Lipinski definition) is 1. The van der Waals surface area contributed by atoms with Crippen molar-refractivity contribution in [2.75, 3.05) is 0 Å². The molecule has 3 rings (SSSR count). The van der Waals surface area contributed by atoms with Crippen LogP contribution in [0.1, 0.15) is 35.8 Å². The van der Waals surface area contributed by atoms with Crippen LogP contribution in [0.15, 0.2) is 16.6 Å². The van der Waals surface area contributed by atoms with Gasteiger partial charge in [0.2, 0.25) is 0 Å². The van der Waals surface area contributed by atoms with Crippen LogP contribution in [-0.4, -0.2) is 11.2 Å². The first-order valence-corrected chi connectivity index (χ1v) is 5.63. The third-order valence-corrected chi connectivity index (χ3v) is 3.92. The molecule has 1 fully saturated rings. The molecule has 0 heterocycles. The lowest BCUT2D eigenvalue weighted by atomic mass is 9.89. The summed E-state index contributed by atoms with van der Waals surface area (Å²) in [5.74, 6) is 0.251. The number of hydrogen-bond donors (Lipinski definition) is 1. The van der Waals surface area contributed by atoms with Crippen molar-refractivity contribution >= 4 is 15.9 Å². The van der Waals surface area contributed by atoms with E-state index < -0.39 is 0 Å². The van der Waals surface area contributed by atoms with Crippen LogP contribution >= 0.6 is 15.9 Å². The van der Waals surface area contributed by atoms with Gasteiger partial charge in [-0.25, -0.2) is 4.39 Å². The third-order valence-electron chi connectivity index (χ3n) is 3.47. The predicted molar refractivity (Wildman–Crippen MR) is 54.8 cm³/mol. The highest BCUT2D eigenvalue weighted by Crippen LogP contribution is 2.54. The summed E-state index contributed by atoms with van der Waals surface area (Å²) in [6, 6.07) is 3.49. The molecule has 3 unspecified atom stereocenters. The molecule has 0 saturated heterocycles. The summed E-state index contributed by atoms with van der Waals surface area (Å²) in [5.41, 5.74) is 1.86. The van der Waals surface area contributed by atoms with E-state index in [-0.39, 0.29) is 17.8 Å². The standard InChI is InChI=1S/C11H10BrFO/c12-6-3-7-5-1-8(10(14)2-5)11(7)9(13)4-6/h3-5,8,10,14H,1-2H2. The van der Waals surface area contributed by atoms with Crippen molar-refractivity contribution in [2.24, 2.45) is 0 Å². The van der Waals surface area contributed by atoms with E-state index >= 15 is 0 Å². The van der Waals surface area contributed by atoms with Gasteiger partial charge in [-0.2, -0.15) is 0 Å². The van der Waals surface area contributed by atoms with Gasteiger partial charge in [-0.05, 0) is 42.0 Å². The van der Waals surface area contributed by atoms with Gasteiger partial charge >= 0.3 is 0 Å². The number of aliphatic hydroxyl groups is 1. The maximum absolute atomic E-state index is 13.6. The van der Waals surface area contributed by atoms with E-state index in [0.717, 1.165) is 28.4 Å². The molecule has 0 spiro atoms. The van der Waals surface area contributed by atoms with E-state index in [1.807, 2.05) is 6.07 Å². The molecule has 1 saturated carbocycles. The highest BCUT2D eigenvalue weighted by atomic mass is 79.9. The van der Waals surface area contributed by atoms with Gasteiger partial charge in [0.15, 0.2) is 0 Å². The van der Waals surface area contributed by atoms with Crippen molar-refractivity contribution in [3.8, 4) is 0 Å². The van der Waals surface area contributed by atoms with Crippen LogP contribution in [0.3, 0.4) is 0 Å². The lowest BCUT2D eigenvalue weighted by Crippen LogP contribution is -2.16. The van der Waals surface area contributed by atoms with Crippen LogP contribution in [0.4, 0.5) is 4.39 Å². The predicted octanol–water partition coefficient (Wildman–Crippen LogP) is 2.92. The van der Waals surface area contributed by atoms with Gasteiger partial charge in [0.1, 0.15) is 5.82 Å². The normalized spacial score (nSPS) is 33.5. The topological polar surface area (TPSA) is 20.2 Å². The molecule has 14 heavy (non-hydrogen) atoms. The molecular formula is C11H10BrFO. The molecular weight excluding hydrogens is 247 g/mol. The number of rotatable bonds is 0. The van der Waals surface area contributed by atoms with Gasteiger partial charge in [-0.15, -0.1) is 0 Å². The van der Waals surface area contributed by atoms with E-state index in [1.165, 1.54) is 6.07 Å². The van der Waals surface area contributed by atoms with Crippen LogP contribution in [0.25, 0.3) is 0 Å². The molecule has 1 nitrogen and oxygen atoms in total. The second-order valence-electron chi connectivity index (χ2n) is 4.23. The second-order valence-corrected chi connectivity index (χ2v) is 5.15. The number of fused-ring (bicyclic) bond motifs is 5. The summed E-state index contributed by atoms with van der Waals surface area (Å²) in [6.07, 6.45) is 1.39. The zero-order valence-electron chi connectivity index (χ0n) is 7.50. The van der Waals surface area contributed by atoms with Crippen LogP contribution < -0.4 is 0 Å². The van der Waals surface area contributed by atoms with E-state index in [0.29, 0.717) is 5.92 Å². The molecule has 0 aliphatic heterocycles. The van der Waals surface area contributed by atoms with E-state index in [2.05, 4.69) is 15.9 Å². The van der Waals surface area contributed by atoms with Gasteiger partial charge < -0.3 is 5.11 Å². The van der Waals surface area contributed by atoms with Gasteiger partial charge in [-0.3, -0.25) is 0 Å². The van der Waals surface area contributed by atoms with Crippen LogP contribution in [0, 0.1) is 5.82 Å². The van der Waals surface area contributed by atoms with Crippen molar-refractivity contribution in [1.82, 2.24) is 0 Å². The second kappa shape index (κ2) is 2.80. The zero-order chi connectivity index (χ0) is 9.87. The summed E-state index contributed by atoms with van der Waals surface area (Å²) < 4.78 is 14.4. The lowest BCUT2D eigenvalue weighted by molar-refractivity contribution is 0.156. The molecule has 3 atom stereocenters. The Balaban J connectivity index is 2.22. The number of aliphatic hydroxyl groups excluding tert-OH is 1. The molecule has 1 aromatic carbocycles. The van der Waals surface area contributed by atoms with E-state index in [4.69, 9.17) is 0 Å². The number of benzene rings is 1. The Morgan fingerprint density at radius 1 is 1.36 bits per heavy atom. The lowest BCUT2D eigenvalue weighted by Gasteiger charge is -2.20. The minimum Gasteiger partial charge on any atom is -0.392 e. The minimum absolute atomic E-state index is 0.0445. The Kier molecular flexibility index (Phi) is 1.77. The van der Waals surface area contributed by atoms with Crippen molar-refractivity contribution in [2.45, 2.75) is 30.8 Å². The molecule has 2 bridgehead atoms. The molecule has 2 aliphatic carbocycles. The summed E-state index contributed by atoms with van der Waals surface area (Å²) in [7, 11) is 0. The van der Waals surface area contributed by atoms with Crippen molar-refractivity contribution in [3.05, 3.63) is 33.5 Å². The highest BCUT2D eigenvalue weighted by Gasteiger charge is 2.44. The van der Waals surface area contributed by atoms with Crippen LogP contribution in [0.5, 0.6) is 0 Å². The fraction of sp³-hybridized carbons (Fsp3) is 0.455. The maximum Gasteiger partial charge on any atom is 0.128 e. The molecule has 74 valence electrons. The van der Waals surface area contributed by atoms with Gasteiger partial charge in [-0.1, -0.05) is 15.9 Å². The zero-order valence-corrected chi connectivity index (χ0v) is 9.09. The Labute approximate surface area is 90.1 Å². The van der Waals surface area contributed by atoms with Crippen molar-refractivity contribution in [3.63, 3.8) is 0 Å². The van der Waals surface area contributed by atoms with E-state index in [9.17, 15) is 9.50 Å². The SMILES string of the molecule is OC1CC2CC1c1c(F)cc(Br)cc12. The fourth-order valence-electron chi connectivity index (χ4n) is 2.91. The molecule has 1 N–H and O–H groups in total. The third kappa shape index (κ3) is 1.03. The molecule has 1 aromatic rings. The smallest absolute Gasteiger partial charge is 0.128 e.